The maximum atomic E-state index is 13.9. The molecule has 2 unspecified atom stereocenters. The zero-order valence-corrected chi connectivity index (χ0v) is 26.2. The third kappa shape index (κ3) is 9.77. The molecule has 0 radical (unpaired) electrons. The van der Waals surface area contributed by atoms with E-state index in [4.69, 9.17) is 16.3 Å². The number of methoxy groups -OCH3 is 1. The van der Waals surface area contributed by atoms with E-state index in [9.17, 15) is 18.0 Å². The molecule has 42 heavy (non-hydrogen) atoms. The summed E-state index contributed by atoms with van der Waals surface area (Å²) in [5, 5.41) is 3.58. The molecule has 0 fully saturated rings. The van der Waals surface area contributed by atoms with Gasteiger partial charge in [-0.1, -0.05) is 61.0 Å². The van der Waals surface area contributed by atoms with Crippen molar-refractivity contribution < 1.29 is 22.7 Å². The molecule has 3 rings (SSSR count). The van der Waals surface area contributed by atoms with Crippen LogP contribution in [-0.4, -0.2) is 57.1 Å². The van der Waals surface area contributed by atoms with Crippen molar-refractivity contribution in [2.24, 2.45) is 0 Å². The van der Waals surface area contributed by atoms with Crippen LogP contribution >= 0.6 is 11.6 Å². The second-order valence-electron chi connectivity index (χ2n) is 10.3. The normalized spacial score (nSPS) is 12.7. The Morgan fingerprint density at radius 3 is 2.24 bits per heavy atom. The van der Waals surface area contributed by atoms with Crippen molar-refractivity contribution >= 4 is 39.1 Å². The van der Waals surface area contributed by atoms with E-state index in [1.54, 1.807) is 48.4 Å². The molecular formula is C32H40ClN3O5S. The highest BCUT2D eigenvalue weighted by Crippen LogP contribution is 2.23. The number of hydrogen-bond donors (Lipinski definition) is 1. The number of halogens is 1. The van der Waals surface area contributed by atoms with Crippen LogP contribution in [0.2, 0.25) is 5.02 Å². The molecule has 0 bridgehead atoms. The van der Waals surface area contributed by atoms with E-state index in [1.807, 2.05) is 56.3 Å². The molecule has 0 saturated carbocycles. The molecular weight excluding hydrogens is 574 g/mol. The highest BCUT2D eigenvalue weighted by molar-refractivity contribution is 7.92. The summed E-state index contributed by atoms with van der Waals surface area (Å²) in [6, 6.07) is 22.7. The average Bonchev–Trinajstić information content (AvgIpc) is 2.97. The molecule has 1 N–H and O–H groups in total. The van der Waals surface area contributed by atoms with Gasteiger partial charge in [0, 0.05) is 37.0 Å². The van der Waals surface area contributed by atoms with Crippen molar-refractivity contribution in [3.63, 3.8) is 0 Å². The Bertz CT molecular complexity index is 1420. The van der Waals surface area contributed by atoms with E-state index >= 15 is 0 Å². The first kappa shape index (κ1) is 32.9. The smallest absolute Gasteiger partial charge is 0.243 e. The predicted octanol–water partition coefficient (Wildman–Crippen LogP) is 5.45. The third-order valence-corrected chi connectivity index (χ3v) is 8.46. The van der Waals surface area contributed by atoms with E-state index < -0.39 is 16.1 Å². The van der Waals surface area contributed by atoms with Gasteiger partial charge in [0.05, 0.1) is 19.1 Å². The van der Waals surface area contributed by atoms with Crippen LogP contribution in [0.4, 0.5) is 5.69 Å². The highest BCUT2D eigenvalue weighted by atomic mass is 35.5. The number of sulfonamides is 1. The molecule has 0 aromatic heterocycles. The predicted molar refractivity (Wildman–Crippen MR) is 168 cm³/mol. The van der Waals surface area contributed by atoms with Gasteiger partial charge < -0.3 is 15.0 Å². The van der Waals surface area contributed by atoms with Gasteiger partial charge in [-0.2, -0.15) is 0 Å². The van der Waals surface area contributed by atoms with Crippen LogP contribution in [0, 0.1) is 0 Å². The number of hydrogen-bond acceptors (Lipinski definition) is 5. The van der Waals surface area contributed by atoms with Gasteiger partial charge in [-0.3, -0.25) is 13.9 Å². The standard InChI is InChI=1S/C32H40ClN3O5S/c1-5-24(2)34-32(38)30(22-25-11-7-6-8-12-25)35(23-26-13-9-14-27(33)21-26)31(37)15-10-20-36(42(4,39)40)28-16-18-29(41-3)19-17-28/h6-9,11-14,16-19,21,24,30H,5,10,15,20,22-23H2,1-4H3,(H,34,38). The molecule has 0 spiro atoms. The zero-order chi connectivity index (χ0) is 30.7. The fourth-order valence-electron chi connectivity index (χ4n) is 4.58. The Morgan fingerprint density at radius 1 is 0.976 bits per heavy atom. The number of benzene rings is 3. The summed E-state index contributed by atoms with van der Waals surface area (Å²) >= 11 is 6.25. The van der Waals surface area contributed by atoms with Crippen molar-refractivity contribution in [3.8, 4) is 5.75 Å². The number of ether oxygens (including phenoxy) is 1. The first-order chi connectivity index (χ1) is 20.0. The summed E-state index contributed by atoms with van der Waals surface area (Å²) in [4.78, 5) is 29.1. The summed E-state index contributed by atoms with van der Waals surface area (Å²) < 4.78 is 31.7. The fourth-order valence-corrected chi connectivity index (χ4v) is 5.76. The number of carbonyl (C=O) groups is 2. The van der Waals surface area contributed by atoms with Crippen LogP contribution in [0.5, 0.6) is 5.75 Å². The minimum absolute atomic E-state index is 0.0463. The first-order valence-electron chi connectivity index (χ1n) is 14.0. The van der Waals surface area contributed by atoms with Crippen molar-refractivity contribution in [1.29, 1.82) is 0 Å². The Kier molecular flexibility index (Phi) is 12.2. The maximum absolute atomic E-state index is 13.9. The van der Waals surface area contributed by atoms with Gasteiger partial charge >= 0.3 is 0 Å². The number of amides is 2. The van der Waals surface area contributed by atoms with E-state index in [1.165, 1.54) is 4.31 Å². The molecule has 0 saturated heterocycles. The van der Waals surface area contributed by atoms with E-state index in [0.29, 0.717) is 22.9 Å². The van der Waals surface area contributed by atoms with Crippen molar-refractivity contribution in [1.82, 2.24) is 10.2 Å². The van der Waals surface area contributed by atoms with Crippen molar-refractivity contribution in [2.45, 2.75) is 58.2 Å². The second-order valence-corrected chi connectivity index (χ2v) is 12.7. The van der Waals surface area contributed by atoms with Crippen LogP contribution in [0.1, 0.15) is 44.2 Å². The molecule has 0 aliphatic heterocycles. The molecule has 3 aromatic rings. The van der Waals surface area contributed by atoms with Gasteiger partial charge in [0.25, 0.3) is 0 Å². The van der Waals surface area contributed by atoms with Crippen molar-refractivity contribution in [3.05, 3.63) is 95.0 Å². The molecule has 10 heteroatoms. The zero-order valence-electron chi connectivity index (χ0n) is 24.6. The van der Waals surface area contributed by atoms with E-state index in [-0.39, 0.29) is 43.8 Å². The molecule has 0 aliphatic rings. The molecule has 226 valence electrons. The second kappa shape index (κ2) is 15.6. The number of rotatable bonds is 15. The average molecular weight is 614 g/mol. The van der Waals surface area contributed by atoms with Crippen LogP contribution < -0.4 is 14.4 Å². The van der Waals surface area contributed by atoms with Gasteiger partial charge in [0.1, 0.15) is 11.8 Å². The minimum Gasteiger partial charge on any atom is -0.497 e. The van der Waals surface area contributed by atoms with Gasteiger partial charge in [-0.15, -0.1) is 0 Å². The van der Waals surface area contributed by atoms with E-state index in [0.717, 1.165) is 23.8 Å². The molecule has 8 nitrogen and oxygen atoms in total. The number of carbonyl (C=O) groups excluding carboxylic acids is 2. The van der Waals surface area contributed by atoms with Gasteiger partial charge in [0.2, 0.25) is 21.8 Å². The number of anilines is 1. The lowest BCUT2D eigenvalue weighted by atomic mass is 10.0. The summed E-state index contributed by atoms with van der Waals surface area (Å²) in [7, 11) is -2.07. The Morgan fingerprint density at radius 2 is 1.64 bits per heavy atom. The lowest BCUT2D eigenvalue weighted by Gasteiger charge is -2.32. The van der Waals surface area contributed by atoms with Gasteiger partial charge in [0.15, 0.2) is 0 Å². The third-order valence-electron chi connectivity index (χ3n) is 7.03. The molecule has 0 heterocycles. The first-order valence-corrected chi connectivity index (χ1v) is 16.2. The van der Waals surface area contributed by atoms with Crippen LogP contribution in [0.25, 0.3) is 0 Å². The minimum atomic E-state index is -3.61. The quantitative estimate of drug-likeness (QED) is 0.246. The van der Waals surface area contributed by atoms with E-state index in [2.05, 4.69) is 5.32 Å². The maximum Gasteiger partial charge on any atom is 0.243 e. The Labute approximate surface area is 254 Å². The Hall–Kier alpha value is -3.56. The lowest BCUT2D eigenvalue weighted by molar-refractivity contribution is -0.141. The van der Waals surface area contributed by atoms with Gasteiger partial charge in [-0.25, -0.2) is 8.42 Å². The van der Waals surface area contributed by atoms with Crippen LogP contribution in [0.15, 0.2) is 78.9 Å². The number of nitrogens with zero attached hydrogens (tertiary/aromatic N) is 2. The molecule has 3 aromatic carbocycles. The molecule has 2 atom stereocenters. The topological polar surface area (TPSA) is 96.0 Å². The van der Waals surface area contributed by atoms with Crippen molar-refractivity contribution in [2.75, 3.05) is 24.2 Å². The molecule has 2 amide bonds. The summed E-state index contributed by atoms with van der Waals surface area (Å²) in [6.07, 6.45) is 2.52. The summed E-state index contributed by atoms with van der Waals surface area (Å²) in [5.74, 6) is 0.122. The lowest BCUT2D eigenvalue weighted by Crippen LogP contribution is -2.52. The largest absolute Gasteiger partial charge is 0.497 e. The molecule has 0 aliphatic carbocycles. The number of nitrogens with one attached hydrogen (secondary N) is 1. The van der Waals surface area contributed by atoms with Gasteiger partial charge in [-0.05, 0) is 67.3 Å². The summed E-state index contributed by atoms with van der Waals surface area (Å²) in [6.45, 7) is 4.20. The Balaban J connectivity index is 1.88. The monoisotopic (exact) mass is 613 g/mol. The SMILES string of the molecule is CCC(C)NC(=O)C(Cc1ccccc1)N(Cc1cccc(Cl)c1)C(=O)CCCN(c1ccc(OC)cc1)S(C)(=O)=O. The highest BCUT2D eigenvalue weighted by Gasteiger charge is 2.31. The fraction of sp³-hybridized carbons (Fsp3) is 0.375. The summed E-state index contributed by atoms with van der Waals surface area (Å²) in [5.41, 5.74) is 2.20. The van der Waals surface area contributed by atoms with Crippen LogP contribution in [0.3, 0.4) is 0 Å². The van der Waals surface area contributed by atoms with Crippen LogP contribution in [-0.2, 0) is 32.6 Å².